The molecule has 0 saturated carbocycles. The van der Waals surface area contributed by atoms with Crippen molar-refractivity contribution < 1.29 is 4.79 Å². The molecule has 1 amide bonds. The minimum Gasteiger partial charge on any atom is -0.351 e. The first kappa shape index (κ1) is 14.0. The van der Waals surface area contributed by atoms with Gasteiger partial charge in [0.15, 0.2) is 0 Å². The van der Waals surface area contributed by atoms with Gasteiger partial charge in [-0.1, -0.05) is 27.2 Å². The second-order valence-corrected chi connectivity index (χ2v) is 3.32. The number of hydrogen-bond acceptors (Lipinski definition) is 1. The van der Waals surface area contributed by atoms with Gasteiger partial charge in [0.2, 0.25) is 5.91 Å². The first-order valence-electron chi connectivity index (χ1n) is 4.76. The van der Waals surface area contributed by atoms with Gasteiger partial charge in [0.1, 0.15) is 0 Å². The molecule has 0 bridgehead atoms. The third kappa shape index (κ3) is 9.47. The molecule has 0 rings (SSSR count). The molecule has 0 atom stereocenters. The molecule has 0 aliphatic carbocycles. The Morgan fingerprint density at radius 3 is 2.00 bits per heavy atom. The van der Waals surface area contributed by atoms with Crippen LogP contribution in [0.2, 0.25) is 0 Å². The highest BCUT2D eigenvalue weighted by Crippen LogP contribution is 2.09. The molecule has 0 aliphatic rings. The lowest BCUT2D eigenvalue weighted by atomic mass is 9.99. The maximum atomic E-state index is 10.6. The van der Waals surface area contributed by atoms with Crippen LogP contribution in [-0.4, -0.2) is 11.4 Å². The van der Waals surface area contributed by atoms with E-state index in [2.05, 4.69) is 12.2 Å². The molecule has 0 fully saturated rings. The summed E-state index contributed by atoms with van der Waals surface area (Å²) in [5.41, 5.74) is -0.0272. The van der Waals surface area contributed by atoms with E-state index in [1.54, 1.807) is 6.92 Å². The van der Waals surface area contributed by atoms with E-state index in [0.717, 1.165) is 12.8 Å². The highest BCUT2D eigenvalue weighted by molar-refractivity contribution is 5.73. The molecule has 0 aromatic carbocycles. The van der Waals surface area contributed by atoms with Crippen molar-refractivity contribution in [3.05, 3.63) is 0 Å². The van der Waals surface area contributed by atoms with Gasteiger partial charge >= 0.3 is 0 Å². The molecule has 0 unspecified atom stereocenters. The van der Waals surface area contributed by atoms with Crippen LogP contribution in [0.25, 0.3) is 0 Å². The van der Waals surface area contributed by atoms with Crippen molar-refractivity contribution in [2.24, 2.45) is 0 Å². The summed E-state index contributed by atoms with van der Waals surface area (Å²) in [5, 5.41) is 2.88. The Kier molecular flexibility index (Phi) is 8.34. The van der Waals surface area contributed by atoms with Crippen molar-refractivity contribution in [3.8, 4) is 0 Å². The topological polar surface area (TPSA) is 29.1 Å². The second-order valence-electron chi connectivity index (χ2n) is 3.32. The monoisotopic (exact) mass is 173 g/mol. The van der Waals surface area contributed by atoms with E-state index in [9.17, 15) is 4.79 Å². The lowest BCUT2D eigenvalue weighted by molar-refractivity contribution is -0.120. The molecule has 0 radical (unpaired) electrons. The molecule has 0 aromatic rings. The Morgan fingerprint density at radius 1 is 1.33 bits per heavy atom. The van der Waals surface area contributed by atoms with E-state index in [1.165, 1.54) is 0 Å². The predicted octanol–water partition coefficient (Wildman–Crippen LogP) is 2.73. The number of carbonyl (C=O) groups excluding carboxylic acids is 1. The predicted molar refractivity (Wildman–Crippen MR) is 54.2 cm³/mol. The van der Waals surface area contributed by atoms with Gasteiger partial charge in [-0.05, 0) is 20.3 Å². The molecule has 0 spiro atoms. The Bertz CT molecular complexity index is 119. The second kappa shape index (κ2) is 7.14. The molecule has 74 valence electrons. The van der Waals surface area contributed by atoms with E-state index in [1.807, 2.05) is 27.7 Å². The number of carbonyl (C=O) groups is 1. The van der Waals surface area contributed by atoms with Gasteiger partial charge in [-0.2, -0.15) is 0 Å². The Labute approximate surface area is 76.7 Å². The average molecular weight is 173 g/mol. The fourth-order valence-electron chi connectivity index (χ4n) is 1.16. The summed E-state index contributed by atoms with van der Waals surface area (Å²) in [4.78, 5) is 10.6. The molecule has 2 heteroatoms. The van der Waals surface area contributed by atoms with Crippen LogP contribution in [0.3, 0.4) is 0 Å². The smallest absolute Gasteiger partial charge is 0.217 e. The van der Waals surface area contributed by atoms with E-state index in [4.69, 9.17) is 0 Å². The molecule has 0 aromatic heterocycles. The van der Waals surface area contributed by atoms with Crippen LogP contribution in [0.4, 0.5) is 0 Å². The van der Waals surface area contributed by atoms with E-state index >= 15 is 0 Å². The zero-order chi connectivity index (χ0) is 10.2. The highest BCUT2D eigenvalue weighted by atomic mass is 16.1. The molecule has 12 heavy (non-hydrogen) atoms. The van der Waals surface area contributed by atoms with Crippen LogP contribution in [0, 0.1) is 0 Å². The largest absolute Gasteiger partial charge is 0.351 e. The summed E-state index contributed by atoms with van der Waals surface area (Å²) in [6.45, 7) is 11.7. The number of amides is 1. The Hall–Kier alpha value is -0.530. The third-order valence-corrected chi connectivity index (χ3v) is 1.39. The van der Waals surface area contributed by atoms with Crippen LogP contribution < -0.4 is 5.32 Å². The van der Waals surface area contributed by atoms with Crippen molar-refractivity contribution in [1.82, 2.24) is 5.32 Å². The molecule has 2 nitrogen and oxygen atoms in total. The summed E-state index contributed by atoms with van der Waals surface area (Å²) in [7, 11) is 0. The van der Waals surface area contributed by atoms with Gasteiger partial charge < -0.3 is 5.32 Å². The van der Waals surface area contributed by atoms with Gasteiger partial charge in [0.05, 0.1) is 0 Å². The summed E-state index contributed by atoms with van der Waals surface area (Å²) in [6, 6.07) is 0. The lowest BCUT2D eigenvalue weighted by Crippen LogP contribution is -2.41. The van der Waals surface area contributed by atoms with Crippen molar-refractivity contribution >= 4 is 5.91 Å². The van der Waals surface area contributed by atoms with Gasteiger partial charge in [-0.15, -0.1) is 0 Å². The number of hydrogen-bond donors (Lipinski definition) is 1. The zero-order valence-electron chi connectivity index (χ0n) is 9.32. The molecule has 0 aliphatic heterocycles. The van der Waals surface area contributed by atoms with Gasteiger partial charge in [-0.3, -0.25) is 4.79 Å². The van der Waals surface area contributed by atoms with Crippen molar-refractivity contribution in [1.29, 1.82) is 0 Å². The van der Waals surface area contributed by atoms with Crippen molar-refractivity contribution in [2.45, 2.75) is 59.9 Å². The molecular weight excluding hydrogens is 150 g/mol. The minimum absolute atomic E-state index is 0.0272. The van der Waals surface area contributed by atoms with E-state index < -0.39 is 0 Å². The normalized spacial score (nSPS) is 9.83. The molecule has 0 heterocycles. The van der Waals surface area contributed by atoms with Crippen LogP contribution in [0.5, 0.6) is 0 Å². The summed E-state index contributed by atoms with van der Waals surface area (Å²) in [6.07, 6.45) is 2.14. The van der Waals surface area contributed by atoms with E-state index in [-0.39, 0.29) is 11.4 Å². The SMILES string of the molecule is CC.CCCC(C)(C)NC(C)=O. The average Bonchev–Trinajstić information content (AvgIpc) is 1.88. The Balaban J connectivity index is 0. The third-order valence-electron chi connectivity index (χ3n) is 1.39. The maximum Gasteiger partial charge on any atom is 0.217 e. The summed E-state index contributed by atoms with van der Waals surface area (Å²) < 4.78 is 0. The minimum atomic E-state index is -0.0272. The fraction of sp³-hybridized carbons (Fsp3) is 0.900. The highest BCUT2D eigenvalue weighted by Gasteiger charge is 2.16. The zero-order valence-corrected chi connectivity index (χ0v) is 9.32. The van der Waals surface area contributed by atoms with Gasteiger partial charge in [-0.25, -0.2) is 0 Å². The van der Waals surface area contributed by atoms with Crippen molar-refractivity contribution in [2.75, 3.05) is 0 Å². The Morgan fingerprint density at radius 2 is 1.75 bits per heavy atom. The van der Waals surface area contributed by atoms with Gasteiger partial charge in [0.25, 0.3) is 0 Å². The quantitative estimate of drug-likeness (QED) is 0.698. The van der Waals surface area contributed by atoms with Crippen molar-refractivity contribution in [3.63, 3.8) is 0 Å². The standard InChI is InChI=1S/C8H17NO.C2H6/c1-5-6-8(3,4)9-7(2)10;1-2/h5-6H2,1-4H3,(H,9,10);1-2H3. The van der Waals surface area contributed by atoms with Crippen LogP contribution in [0.15, 0.2) is 0 Å². The fourth-order valence-corrected chi connectivity index (χ4v) is 1.16. The molecule has 1 N–H and O–H groups in total. The van der Waals surface area contributed by atoms with Crippen LogP contribution in [-0.2, 0) is 4.79 Å². The van der Waals surface area contributed by atoms with Crippen LogP contribution >= 0.6 is 0 Å². The number of nitrogens with one attached hydrogen (secondary N) is 1. The molecular formula is C10H23NO. The first-order valence-corrected chi connectivity index (χ1v) is 4.76. The van der Waals surface area contributed by atoms with Gasteiger partial charge in [0, 0.05) is 12.5 Å². The van der Waals surface area contributed by atoms with E-state index in [0.29, 0.717) is 0 Å². The van der Waals surface area contributed by atoms with Crippen LogP contribution in [0.1, 0.15) is 54.4 Å². The summed E-state index contributed by atoms with van der Waals surface area (Å²) >= 11 is 0. The maximum absolute atomic E-state index is 10.6. The lowest BCUT2D eigenvalue weighted by Gasteiger charge is -2.24. The molecule has 0 saturated heterocycles. The number of rotatable bonds is 3. The summed E-state index contributed by atoms with van der Waals surface area (Å²) in [5.74, 6) is 0.0541. The first-order chi connectivity index (χ1) is 5.48.